The number of ketones is 1. The summed E-state index contributed by atoms with van der Waals surface area (Å²) in [5.41, 5.74) is 2.25. The highest BCUT2D eigenvalue weighted by atomic mass is 32.2. The number of carbonyl (C=O) groups excluding carboxylic acids is 1. The van der Waals surface area contributed by atoms with Gasteiger partial charge in [0.2, 0.25) is 0 Å². The maximum absolute atomic E-state index is 12.9. The second-order valence-electron chi connectivity index (χ2n) is 5.94. The average Bonchev–Trinajstić information content (AvgIpc) is 2.92. The Bertz CT molecular complexity index is 829. The zero-order valence-corrected chi connectivity index (χ0v) is 15.9. The van der Waals surface area contributed by atoms with E-state index >= 15 is 0 Å². The van der Waals surface area contributed by atoms with Crippen molar-refractivity contribution in [3.8, 4) is 11.5 Å². The molecule has 2 aromatic rings. The largest absolute Gasteiger partial charge is 0.493 e. The minimum Gasteiger partial charge on any atom is -0.493 e. The summed E-state index contributed by atoms with van der Waals surface area (Å²) in [6.45, 7) is 2.04. The third-order valence-corrected chi connectivity index (χ3v) is 5.55. The van der Waals surface area contributed by atoms with Gasteiger partial charge in [-0.2, -0.15) is 0 Å². The predicted octanol–water partition coefficient (Wildman–Crippen LogP) is 3.90. The van der Waals surface area contributed by atoms with Gasteiger partial charge in [0.05, 0.1) is 14.2 Å². The third-order valence-electron chi connectivity index (χ3n) is 4.49. The maximum Gasteiger partial charge on any atom is 0.193 e. The highest BCUT2D eigenvalue weighted by molar-refractivity contribution is 8.03. The minimum atomic E-state index is -1.07. The van der Waals surface area contributed by atoms with Crippen molar-refractivity contribution in [1.29, 1.82) is 0 Å². The molecule has 26 heavy (non-hydrogen) atoms. The van der Waals surface area contributed by atoms with E-state index in [4.69, 9.17) is 9.47 Å². The molecule has 0 heterocycles. The lowest BCUT2D eigenvalue weighted by molar-refractivity contribution is -0.120. The van der Waals surface area contributed by atoms with Gasteiger partial charge >= 0.3 is 0 Å². The Balaban J connectivity index is 2.15. The number of aliphatic hydroxyl groups is 1. The molecule has 0 aliphatic heterocycles. The summed E-state index contributed by atoms with van der Waals surface area (Å²) in [7, 11) is 3.14. The molecule has 3 rings (SSSR count). The van der Waals surface area contributed by atoms with Crippen molar-refractivity contribution in [2.75, 3.05) is 20.0 Å². The number of carbonyl (C=O) groups is 1. The van der Waals surface area contributed by atoms with Crippen LogP contribution in [0.2, 0.25) is 0 Å². The molecule has 0 amide bonds. The van der Waals surface area contributed by atoms with Gasteiger partial charge in [-0.25, -0.2) is 0 Å². The Hall–Kier alpha value is -2.24. The molecule has 2 unspecified atom stereocenters. The topological polar surface area (TPSA) is 55.8 Å². The Morgan fingerprint density at radius 3 is 2.35 bits per heavy atom. The van der Waals surface area contributed by atoms with Crippen LogP contribution < -0.4 is 9.47 Å². The monoisotopic (exact) mass is 370 g/mol. The van der Waals surface area contributed by atoms with Crippen molar-refractivity contribution in [1.82, 2.24) is 0 Å². The Kier molecular flexibility index (Phi) is 5.69. The fourth-order valence-electron chi connectivity index (χ4n) is 3.31. The van der Waals surface area contributed by atoms with Crippen LogP contribution in [0.15, 0.2) is 53.4 Å². The van der Waals surface area contributed by atoms with Crippen LogP contribution in [0.5, 0.6) is 11.5 Å². The number of Topliss-reactive ketones (excluding diaryl/α,β-unsaturated/α-hetero) is 1. The zero-order chi connectivity index (χ0) is 18.7. The smallest absolute Gasteiger partial charge is 0.193 e. The van der Waals surface area contributed by atoms with E-state index in [1.54, 1.807) is 38.1 Å². The van der Waals surface area contributed by atoms with E-state index in [0.29, 0.717) is 17.1 Å². The first-order valence-electron chi connectivity index (χ1n) is 8.49. The number of rotatable bonds is 6. The van der Waals surface area contributed by atoms with Crippen LogP contribution in [-0.2, 0) is 4.79 Å². The lowest BCUT2D eigenvalue weighted by Gasteiger charge is -2.17. The summed E-state index contributed by atoms with van der Waals surface area (Å²) in [5.74, 6) is 1.39. The minimum absolute atomic E-state index is 0.248. The Morgan fingerprint density at radius 1 is 1.04 bits per heavy atom. The van der Waals surface area contributed by atoms with Crippen LogP contribution >= 0.6 is 11.8 Å². The summed E-state index contributed by atoms with van der Waals surface area (Å²) >= 11 is 1.60. The molecule has 4 nitrogen and oxygen atoms in total. The van der Waals surface area contributed by atoms with E-state index in [1.807, 2.05) is 43.3 Å². The number of methoxy groups -OCH3 is 2. The molecule has 0 bridgehead atoms. The van der Waals surface area contributed by atoms with Gasteiger partial charge in [-0.15, -0.1) is 11.8 Å². The van der Waals surface area contributed by atoms with E-state index < -0.39 is 6.10 Å². The zero-order valence-electron chi connectivity index (χ0n) is 15.1. The van der Waals surface area contributed by atoms with E-state index in [1.165, 1.54) is 0 Å². The van der Waals surface area contributed by atoms with Crippen LogP contribution in [0.25, 0.3) is 5.57 Å². The third kappa shape index (κ3) is 3.24. The molecule has 5 heteroatoms. The van der Waals surface area contributed by atoms with Crippen LogP contribution in [0.3, 0.4) is 0 Å². The normalized spacial score (nSPS) is 19.8. The molecule has 1 aliphatic carbocycles. The first kappa shape index (κ1) is 18.5. The molecule has 136 valence electrons. The second kappa shape index (κ2) is 7.98. The highest BCUT2D eigenvalue weighted by Crippen LogP contribution is 2.48. The number of ether oxygens (including phenoxy) is 2. The molecule has 1 aliphatic rings. The Morgan fingerprint density at radius 2 is 1.73 bits per heavy atom. The number of aliphatic hydroxyl groups excluding tert-OH is 1. The van der Waals surface area contributed by atoms with Crippen molar-refractivity contribution in [2.45, 2.75) is 18.9 Å². The summed E-state index contributed by atoms with van der Waals surface area (Å²) < 4.78 is 10.7. The van der Waals surface area contributed by atoms with Crippen molar-refractivity contribution in [2.24, 2.45) is 0 Å². The van der Waals surface area contributed by atoms with Gasteiger partial charge in [0.25, 0.3) is 0 Å². The fraction of sp³-hybridized carbons (Fsp3) is 0.286. The maximum atomic E-state index is 12.9. The van der Waals surface area contributed by atoms with Gasteiger partial charge < -0.3 is 14.6 Å². The van der Waals surface area contributed by atoms with Gasteiger partial charge in [0.1, 0.15) is 6.10 Å². The second-order valence-corrected chi connectivity index (χ2v) is 7.25. The molecule has 1 N–H and O–H groups in total. The quantitative estimate of drug-likeness (QED) is 0.836. The van der Waals surface area contributed by atoms with E-state index in [-0.39, 0.29) is 11.7 Å². The number of benzene rings is 2. The van der Waals surface area contributed by atoms with Crippen molar-refractivity contribution < 1.29 is 19.4 Å². The first-order chi connectivity index (χ1) is 12.6. The van der Waals surface area contributed by atoms with Crippen molar-refractivity contribution >= 4 is 23.1 Å². The molecule has 0 aromatic heterocycles. The summed E-state index contributed by atoms with van der Waals surface area (Å²) in [4.78, 5) is 13.8. The number of hydrogen-bond donors (Lipinski definition) is 1. The molecule has 2 aromatic carbocycles. The average molecular weight is 370 g/mol. The Labute approximate surface area is 157 Å². The lowest BCUT2D eigenvalue weighted by Crippen LogP contribution is -2.22. The molecule has 2 atom stereocenters. The van der Waals surface area contributed by atoms with Crippen LogP contribution in [0, 0.1) is 0 Å². The molecule has 0 saturated carbocycles. The molecular formula is C21H22O4S. The number of thioether (sulfide) groups is 1. The summed E-state index contributed by atoms with van der Waals surface area (Å²) in [5, 5.41) is 10.7. The molecular weight excluding hydrogens is 348 g/mol. The van der Waals surface area contributed by atoms with Crippen LogP contribution in [0.4, 0.5) is 0 Å². The highest BCUT2D eigenvalue weighted by Gasteiger charge is 2.42. The van der Waals surface area contributed by atoms with E-state index in [2.05, 4.69) is 0 Å². The van der Waals surface area contributed by atoms with Crippen molar-refractivity contribution in [3.63, 3.8) is 0 Å². The lowest BCUT2D eigenvalue weighted by atomic mass is 9.96. The summed E-state index contributed by atoms with van der Waals surface area (Å²) in [6.07, 6.45) is -1.07. The molecule has 0 spiro atoms. The van der Waals surface area contributed by atoms with Gasteiger partial charge in [0, 0.05) is 16.4 Å². The van der Waals surface area contributed by atoms with E-state index in [0.717, 1.165) is 21.8 Å². The first-order valence-corrected chi connectivity index (χ1v) is 9.47. The van der Waals surface area contributed by atoms with Crippen molar-refractivity contribution in [3.05, 3.63) is 64.6 Å². The SMILES string of the molecule is CCSC1=C(c2ccc(OC)c(OC)c2)C(=O)C(O)C1c1ccccc1. The van der Waals surface area contributed by atoms with E-state index in [9.17, 15) is 9.90 Å². The fourth-order valence-corrected chi connectivity index (χ4v) is 4.43. The number of hydrogen-bond acceptors (Lipinski definition) is 5. The molecule has 0 fully saturated rings. The van der Waals surface area contributed by atoms with Crippen LogP contribution in [0.1, 0.15) is 24.0 Å². The molecule has 0 radical (unpaired) electrons. The predicted molar refractivity (Wildman–Crippen MR) is 105 cm³/mol. The van der Waals surface area contributed by atoms with Gasteiger partial charge in [-0.1, -0.05) is 43.3 Å². The standard InChI is InChI=1S/C21H22O4S/c1-4-26-21-17(13-8-6-5-7-9-13)19(22)20(23)18(21)14-10-11-15(24-2)16(12-14)25-3/h5-12,17,19,22H,4H2,1-3H3. The van der Waals surface area contributed by atoms with Gasteiger partial charge in [0.15, 0.2) is 17.3 Å². The van der Waals surface area contributed by atoms with Gasteiger partial charge in [-0.3, -0.25) is 4.79 Å². The molecule has 0 saturated heterocycles. The van der Waals surface area contributed by atoms with Gasteiger partial charge in [-0.05, 0) is 29.0 Å². The summed E-state index contributed by atoms with van der Waals surface area (Å²) in [6, 6.07) is 15.1. The van der Waals surface area contributed by atoms with Crippen LogP contribution in [-0.4, -0.2) is 37.0 Å².